The summed E-state index contributed by atoms with van der Waals surface area (Å²) in [6.07, 6.45) is 2.65. The first-order chi connectivity index (χ1) is 14.1. The third-order valence-corrected chi connectivity index (χ3v) is 4.70. The van der Waals surface area contributed by atoms with Gasteiger partial charge in [-0.1, -0.05) is 0 Å². The van der Waals surface area contributed by atoms with Gasteiger partial charge in [-0.15, -0.1) is 0 Å². The fourth-order valence-electron chi connectivity index (χ4n) is 3.03. The molecule has 10 heteroatoms. The van der Waals surface area contributed by atoms with Gasteiger partial charge in [-0.05, 0) is 26.8 Å². The normalized spacial score (nSPS) is 13.9. The lowest BCUT2D eigenvalue weighted by molar-refractivity contribution is -0.00307. The zero-order valence-electron chi connectivity index (χ0n) is 16.9. The molecule has 3 aromatic rings. The van der Waals surface area contributed by atoms with E-state index in [9.17, 15) is 18.7 Å². The van der Waals surface area contributed by atoms with Crippen LogP contribution in [-0.2, 0) is 6.42 Å². The van der Waals surface area contributed by atoms with Crippen LogP contribution in [0, 0.1) is 0 Å². The standard InChI is InChI=1S/C20H24F2N6O2/c1-11(8-21)26-14-7-16(28-5-4-12-9-24-10-25-19(12)28)27-13(17(14)18(23)29)6-15(22)20(2,3)30/h4-5,7,9-11,15,30H,6,8H2,1-3H3,(H2,23,29)(H,26,27)/t11-,15+/m0/s1. The van der Waals surface area contributed by atoms with Crippen molar-refractivity contribution in [3.63, 3.8) is 0 Å². The first-order valence-electron chi connectivity index (χ1n) is 9.42. The van der Waals surface area contributed by atoms with Crippen LogP contribution < -0.4 is 11.1 Å². The van der Waals surface area contributed by atoms with Gasteiger partial charge in [0.15, 0.2) is 0 Å². The molecular formula is C20H24F2N6O2. The number of halogens is 2. The van der Waals surface area contributed by atoms with Crippen molar-refractivity contribution in [3.05, 3.63) is 42.1 Å². The van der Waals surface area contributed by atoms with Gasteiger partial charge in [0.05, 0.1) is 28.6 Å². The van der Waals surface area contributed by atoms with Crippen molar-refractivity contribution in [1.29, 1.82) is 0 Å². The van der Waals surface area contributed by atoms with Gasteiger partial charge in [0.2, 0.25) is 0 Å². The molecule has 0 saturated heterocycles. The number of carbonyl (C=O) groups is 1. The van der Waals surface area contributed by atoms with Crippen LogP contribution in [0.5, 0.6) is 0 Å². The topological polar surface area (TPSA) is 119 Å². The van der Waals surface area contributed by atoms with Gasteiger partial charge < -0.3 is 16.2 Å². The van der Waals surface area contributed by atoms with Crippen molar-refractivity contribution in [2.24, 2.45) is 5.73 Å². The number of aliphatic hydroxyl groups is 1. The molecule has 0 aromatic carbocycles. The first-order valence-corrected chi connectivity index (χ1v) is 9.42. The number of fused-ring (bicyclic) bond motifs is 1. The highest BCUT2D eigenvalue weighted by Gasteiger charge is 2.30. The summed E-state index contributed by atoms with van der Waals surface area (Å²) < 4.78 is 29.5. The van der Waals surface area contributed by atoms with Crippen LogP contribution in [0.2, 0.25) is 0 Å². The fraction of sp³-hybridized carbons (Fsp3) is 0.400. The molecule has 3 rings (SSSR count). The van der Waals surface area contributed by atoms with Crippen LogP contribution in [0.4, 0.5) is 14.5 Å². The molecule has 8 nitrogen and oxygen atoms in total. The number of hydrogen-bond acceptors (Lipinski definition) is 6. The Bertz CT molecular complexity index is 1060. The lowest BCUT2D eigenvalue weighted by atomic mass is 9.96. The summed E-state index contributed by atoms with van der Waals surface area (Å²) >= 11 is 0. The van der Waals surface area contributed by atoms with E-state index in [1.165, 1.54) is 26.2 Å². The van der Waals surface area contributed by atoms with Crippen LogP contribution in [0.3, 0.4) is 0 Å². The summed E-state index contributed by atoms with van der Waals surface area (Å²) in [7, 11) is 0. The third kappa shape index (κ3) is 4.38. The summed E-state index contributed by atoms with van der Waals surface area (Å²) in [5.41, 5.74) is 4.69. The van der Waals surface area contributed by atoms with E-state index in [1.807, 2.05) is 0 Å². The van der Waals surface area contributed by atoms with Crippen molar-refractivity contribution in [2.75, 3.05) is 12.0 Å². The number of hydrogen-bond donors (Lipinski definition) is 3. The van der Waals surface area contributed by atoms with Crippen molar-refractivity contribution in [2.45, 2.75) is 45.0 Å². The Morgan fingerprint density at radius 1 is 1.43 bits per heavy atom. The van der Waals surface area contributed by atoms with Crippen molar-refractivity contribution < 1.29 is 18.7 Å². The Balaban J connectivity index is 2.21. The molecule has 0 unspecified atom stereocenters. The highest BCUT2D eigenvalue weighted by Crippen LogP contribution is 2.28. The molecule has 0 saturated carbocycles. The molecule has 3 aromatic heterocycles. The lowest BCUT2D eigenvalue weighted by Crippen LogP contribution is -2.35. The summed E-state index contributed by atoms with van der Waals surface area (Å²) in [5, 5.41) is 13.7. The number of primary amides is 1. The molecule has 30 heavy (non-hydrogen) atoms. The maximum Gasteiger partial charge on any atom is 0.252 e. The van der Waals surface area contributed by atoms with E-state index in [-0.39, 0.29) is 23.4 Å². The number of rotatable bonds is 8. The van der Waals surface area contributed by atoms with Crippen molar-refractivity contribution in [3.8, 4) is 5.82 Å². The van der Waals surface area contributed by atoms with Gasteiger partial charge in [-0.25, -0.2) is 23.7 Å². The summed E-state index contributed by atoms with van der Waals surface area (Å²) in [6, 6.07) is 2.70. The largest absolute Gasteiger partial charge is 0.387 e. The summed E-state index contributed by atoms with van der Waals surface area (Å²) in [6.45, 7) is 3.55. The Kier molecular flexibility index (Phi) is 5.97. The van der Waals surface area contributed by atoms with Crippen molar-refractivity contribution in [1.82, 2.24) is 19.5 Å². The van der Waals surface area contributed by atoms with Crippen LogP contribution in [0.25, 0.3) is 16.9 Å². The molecule has 0 aliphatic rings. The van der Waals surface area contributed by atoms with E-state index in [4.69, 9.17) is 5.73 Å². The molecule has 2 atom stereocenters. The maximum atomic E-state index is 14.7. The second-order valence-electron chi connectivity index (χ2n) is 7.73. The third-order valence-electron chi connectivity index (χ3n) is 4.70. The van der Waals surface area contributed by atoms with E-state index in [2.05, 4.69) is 20.3 Å². The number of nitrogens with one attached hydrogen (secondary N) is 1. The zero-order chi connectivity index (χ0) is 22.1. The monoisotopic (exact) mass is 418 g/mol. The molecular weight excluding hydrogens is 394 g/mol. The van der Waals surface area contributed by atoms with Gasteiger partial charge >= 0.3 is 0 Å². The fourth-order valence-corrected chi connectivity index (χ4v) is 3.03. The Morgan fingerprint density at radius 2 is 2.17 bits per heavy atom. The van der Waals surface area contributed by atoms with E-state index < -0.39 is 30.4 Å². The zero-order valence-corrected chi connectivity index (χ0v) is 16.9. The van der Waals surface area contributed by atoms with Crippen molar-refractivity contribution >= 4 is 22.6 Å². The highest BCUT2D eigenvalue weighted by atomic mass is 19.1. The number of carbonyl (C=O) groups excluding carboxylic acids is 1. The van der Waals surface area contributed by atoms with Gasteiger partial charge in [-0.3, -0.25) is 9.36 Å². The quantitative estimate of drug-likeness (QED) is 0.517. The predicted molar refractivity (Wildman–Crippen MR) is 109 cm³/mol. The molecule has 3 heterocycles. The number of anilines is 1. The van der Waals surface area contributed by atoms with Gasteiger partial charge in [0.25, 0.3) is 5.91 Å². The molecule has 4 N–H and O–H groups in total. The Morgan fingerprint density at radius 3 is 2.80 bits per heavy atom. The van der Waals surface area contributed by atoms with Crippen LogP contribution in [0.15, 0.2) is 30.9 Å². The molecule has 0 fully saturated rings. The minimum absolute atomic E-state index is 0.0444. The van der Waals surface area contributed by atoms with E-state index >= 15 is 0 Å². The minimum Gasteiger partial charge on any atom is -0.387 e. The number of alkyl halides is 2. The Labute approximate surface area is 172 Å². The molecule has 0 aliphatic carbocycles. The van der Waals surface area contributed by atoms with Gasteiger partial charge in [0.1, 0.15) is 30.6 Å². The number of pyridine rings is 1. The Hall–Kier alpha value is -3.14. The summed E-state index contributed by atoms with van der Waals surface area (Å²) in [5.74, 6) is -0.500. The number of nitrogens with two attached hydrogens (primary N) is 1. The van der Waals surface area contributed by atoms with E-state index in [1.54, 1.807) is 30.0 Å². The highest BCUT2D eigenvalue weighted by molar-refractivity contribution is 6.00. The number of nitrogens with zero attached hydrogens (tertiary/aromatic N) is 4. The second-order valence-corrected chi connectivity index (χ2v) is 7.73. The van der Waals surface area contributed by atoms with Gasteiger partial charge in [-0.2, -0.15) is 0 Å². The molecule has 0 aliphatic heterocycles. The average Bonchev–Trinajstić information content (AvgIpc) is 3.10. The average molecular weight is 418 g/mol. The minimum atomic E-state index is -1.71. The number of amides is 1. The first kappa shape index (κ1) is 21.6. The maximum absolute atomic E-state index is 14.7. The van der Waals surface area contributed by atoms with Gasteiger partial charge in [0, 0.05) is 30.3 Å². The lowest BCUT2D eigenvalue weighted by Gasteiger charge is -2.24. The molecule has 0 radical (unpaired) electrons. The molecule has 1 amide bonds. The molecule has 0 bridgehead atoms. The summed E-state index contributed by atoms with van der Waals surface area (Å²) in [4.78, 5) is 24.8. The van der Waals surface area contributed by atoms with E-state index in [0.717, 1.165) is 5.39 Å². The number of aromatic nitrogens is 4. The predicted octanol–water partition coefficient (Wildman–Crippen LogP) is 2.34. The van der Waals surface area contributed by atoms with E-state index in [0.29, 0.717) is 11.5 Å². The van der Waals surface area contributed by atoms with Crippen LogP contribution in [-0.4, -0.2) is 55.0 Å². The smallest absolute Gasteiger partial charge is 0.252 e. The molecule has 0 spiro atoms. The van der Waals surface area contributed by atoms with Crippen LogP contribution in [0.1, 0.15) is 36.8 Å². The molecule has 160 valence electrons. The second kappa shape index (κ2) is 8.31. The SMILES string of the molecule is C[C@@H](CF)Nc1cc(-n2ccc3cncnc32)nc(C[C@@H](F)C(C)(C)O)c1C(N)=O. The van der Waals surface area contributed by atoms with Crippen LogP contribution >= 0.6 is 0 Å².